The number of alkyl halides is 1. The number of halogens is 1. The van der Waals surface area contributed by atoms with Crippen LogP contribution in [-0.2, 0) is 9.53 Å². The van der Waals surface area contributed by atoms with E-state index in [4.69, 9.17) is 30.5 Å². The SMILES string of the molecule is CCOC(=O)C(Cl)c1cc(OC)c(OC)c(OC)c1. The number of carbonyl (C=O) groups excluding carboxylic acids is 1. The number of methoxy groups -OCH3 is 3. The van der Waals surface area contributed by atoms with Gasteiger partial charge in [0.25, 0.3) is 0 Å². The predicted molar refractivity (Wildman–Crippen MR) is 71.3 cm³/mol. The van der Waals surface area contributed by atoms with Crippen molar-refractivity contribution < 1.29 is 23.7 Å². The molecule has 0 fully saturated rings. The smallest absolute Gasteiger partial charge is 0.328 e. The largest absolute Gasteiger partial charge is 0.493 e. The lowest BCUT2D eigenvalue weighted by molar-refractivity contribution is -0.142. The summed E-state index contributed by atoms with van der Waals surface area (Å²) in [5.41, 5.74) is 0.523. The molecule has 1 aromatic rings. The van der Waals surface area contributed by atoms with Crippen LogP contribution in [0.4, 0.5) is 0 Å². The molecule has 1 unspecified atom stereocenters. The van der Waals surface area contributed by atoms with Crippen LogP contribution >= 0.6 is 11.6 Å². The zero-order chi connectivity index (χ0) is 14.4. The van der Waals surface area contributed by atoms with E-state index in [2.05, 4.69) is 0 Å². The second kappa shape index (κ2) is 7.09. The van der Waals surface area contributed by atoms with Gasteiger partial charge in [0.15, 0.2) is 16.9 Å². The molecule has 0 spiro atoms. The van der Waals surface area contributed by atoms with Crippen molar-refractivity contribution in [2.24, 2.45) is 0 Å². The highest BCUT2D eigenvalue weighted by Gasteiger charge is 2.23. The van der Waals surface area contributed by atoms with Gasteiger partial charge in [-0.3, -0.25) is 4.79 Å². The topological polar surface area (TPSA) is 54.0 Å². The van der Waals surface area contributed by atoms with Gasteiger partial charge < -0.3 is 18.9 Å². The van der Waals surface area contributed by atoms with Gasteiger partial charge in [0.05, 0.1) is 27.9 Å². The van der Waals surface area contributed by atoms with E-state index >= 15 is 0 Å². The van der Waals surface area contributed by atoms with Crippen molar-refractivity contribution in [2.75, 3.05) is 27.9 Å². The first-order valence-corrected chi connectivity index (χ1v) is 6.13. The van der Waals surface area contributed by atoms with Gasteiger partial charge in [-0.25, -0.2) is 0 Å². The molecular formula is C13H17ClO5. The van der Waals surface area contributed by atoms with E-state index in [0.717, 1.165) is 0 Å². The van der Waals surface area contributed by atoms with Crippen LogP contribution in [-0.4, -0.2) is 33.9 Å². The summed E-state index contributed by atoms with van der Waals surface area (Å²) >= 11 is 6.06. The van der Waals surface area contributed by atoms with Crippen LogP contribution in [0.2, 0.25) is 0 Å². The Morgan fingerprint density at radius 3 is 2.05 bits per heavy atom. The summed E-state index contributed by atoms with van der Waals surface area (Å²) in [5, 5.41) is -0.923. The van der Waals surface area contributed by atoms with Crippen LogP contribution in [0, 0.1) is 0 Å². The molecule has 0 heterocycles. The molecule has 0 aliphatic heterocycles. The maximum Gasteiger partial charge on any atom is 0.328 e. The molecule has 0 saturated carbocycles. The van der Waals surface area contributed by atoms with Gasteiger partial charge in [-0.15, -0.1) is 11.6 Å². The molecule has 0 amide bonds. The number of hydrogen-bond acceptors (Lipinski definition) is 5. The Kier molecular flexibility index (Phi) is 5.76. The Morgan fingerprint density at radius 1 is 1.16 bits per heavy atom. The third kappa shape index (κ3) is 3.44. The molecule has 0 aliphatic rings. The van der Waals surface area contributed by atoms with Gasteiger partial charge in [0.1, 0.15) is 0 Å². The third-order valence-electron chi connectivity index (χ3n) is 2.47. The Hall–Kier alpha value is -1.62. The van der Waals surface area contributed by atoms with Crippen LogP contribution in [0.25, 0.3) is 0 Å². The summed E-state index contributed by atoms with van der Waals surface area (Å²) in [6, 6.07) is 3.24. The van der Waals surface area contributed by atoms with E-state index in [9.17, 15) is 4.79 Å². The van der Waals surface area contributed by atoms with E-state index in [-0.39, 0.29) is 6.61 Å². The van der Waals surface area contributed by atoms with Crippen molar-refractivity contribution in [3.8, 4) is 17.2 Å². The fourth-order valence-electron chi connectivity index (χ4n) is 1.60. The van der Waals surface area contributed by atoms with Gasteiger partial charge in [-0.1, -0.05) is 0 Å². The molecule has 1 rings (SSSR count). The van der Waals surface area contributed by atoms with Crippen molar-refractivity contribution in [1.29, 1.82) is 0 Å². The van der Waals surface area contributed by atoms with E-state index in [0.29, 0.717) is 22.8 Å². The number of esters is 1. The lowest BCUT2D eigenvalue weighted by Gasteiger charge is -2.16. The zero-order valence-electron chi connectivity index (χ0n) is 11.4. The Morgan fingerprint density at radius 2 is 1.68 bits per heavy atom. The Balaban J connectivity index is 3.18. The van der Waals surface area contributed by atoms with E-state index in [1.165, 1.54) is 21.3 Å². The summed E-state index contributed by atoms with van der Waals surface area (Å²) in [7, 11) is 4.49. The normalized spacial score (nSPS) is 11.6. The molecule has 1 atom stereocenters. The Bertz CT molecular complexity index is 422. The summed E-state index contributed by atoms with van der Waals surface area (Å²) in [6.07, 6.45) is 0. The minimum Gasteiger partial charge on any atom is -0.493 e. The van der Waals surface area contributed by atoms with Gasteiger partial charge in [-0.05, 0) is 24.6 Å². The highest BCUT2D eigenvalue weighted by molar-refractivity contribution is 6.30. The van der Waals surface area contributed by atoms with Gasteiger partial charge in [0.2, 0.25) is 5.75 Å². The molecular weight excluding hydrogens is 272 g/mol. The van der Waals surface area contributed by atoms with E-state index in [1.54, 1.807) is 19.1 Å². The maximum absolute atomic E-state index is 11.6. The van der Waals surface area contributed by atoms with Crippen molar-refractivity contribution in [2.45, 2.75) is 12.3 Å². The number of ether oxygens (including phenoxy) is 4. The van der Waals surface area contributed by atoms with E-state index < -0.39 is 11.3 Å². The lowest BCUT2D eigenvalue weighted by Crippen LogP contribution is -2.11. The quantitative estimate of drug-likeness (QED) is 0.595. The second-order valence-electron chi connectivity index (χ2n) is 3.57. The monoisotopic (exact) mass is 288 g/mol. The average molecular weight is 289 g/mol. The van der Waals surface area contributed by atoms with Crippen LogP contribution < -0.4 is 14.2 Å². The summed E-state index contributed by atoms with van der Waals surface area (Å²) in [5.74, 6) is 0.804. The fraction of sp³-hybridized carbons (Fsp3) is 0.462. The molecule has 0 radical (unpaired) electrons. The molecule has 0 aliphatic carbocycles. The molecule has 0 bridgehead atoms. The highest BCUT2D eigenvalue weighted by Crippen LogP contribution is 2.40. The molecule has 0 aromatic heterocycles. The molecule has 6 heteroatoms. The highest BCUT2D eigenvalue weighted by atomic mass is 35.5. The van der Waals surface area contributed by atoms with Crippen molar-refractivity contribution in [1.82, 2.24) is 0 Å². The number of rotatable bonds is 6. The lowest BCUT2D eigenvalue weighted by atomic mass is 10.1. The fourth-order valence-corrected chi connectivity index (χ4v) is 1.79. The first-order chi connectivity index (χ1) is 9.08. The number of benzene rings is 1. The van der Waals surface area contributed by atoms with Gasteiger partial charge in [0, 0.05) is 0 Å². The number of hydrogen-bond donors (Lipinski definition) is 0. The zero-order valence-corrected chi connectivity index (χ0v) is 12.1. The molecule has 0 saturated heterocycles. The van der Waals surface area contributed by atoms with Crippen molar-refractivity contribution in [3.63, 3.8) is 0 Å². The van der Waals surface area contributed by atoms with Crippen LogP contribution in [0.3, 0.4) is 0 Å². The predicted octanol–water partition coefficient (Wildman–Crippen LogP) is 2.56. The van der Waals surface area contributed by atoms with Crippen LogP contribution in [0.5, 0.6) is 17.2 Å². The molecule has 1 aromatic carbocycles. The summed E-state index contributed by atoms with van der Waals surface area (Å²) < 4.78 is 20.5. The van der Waals surface area contributed by atoms with Crippen molar-refractivity contribution in [3.05, 3.63) is 17.7 Å². The van der Waals surface area contributed by atoms with Crippen LogP contribution in [0.1, 0.15) is 17.9 Å². The minimum atomic E-state index is -0.923. The Labute approximate surface area is 117 Å². The second-order valence-corrected chi connectivity index (χ2v) is 4.01. The first-order valence-electron chi connectivity index (χ1n) is 5.69. The van der Waals surface area contributed by atoms with Gasteiger partial charge >= 0.3 is 5.97 Å². The summed E-state index contributed by atoms with van der Waals surface area (Å²) in [6.45, 7) is 1.99. The average Bonchev–Trinajstić information content (AvgIpc) is 2.44. The first kappa shape index (κ1) is 15.4. The minimum absolute atomic E-state index is 0.270. The van der Waals surface area contributed by atoms with Gasteiger partial charge in [-0.2, -0.15) is 0 Å². The molecule has 0 N–H and O–H groups in total. The summed E-state index contributed by atoms with van der Waals surface area (Å²) in [4.78, 5) is 11.6. The standard InChI is InChI=1S/C13H17ClO5/c1-5-19-13(15)11(14)8-6-9(16-2)12(18-4)10(7-8)17-3/h6-7,11H,5H2,1-4H3. The molecule has 19 heavy (non-hydrogen) atoms. The number of carbonyl (C=O) groups is 1. The maximum atomic E-state index is 11.6. The molecule has 5 nitrogen and oxygen atoms in total. The van der Waals surface area contributed by atoms with Crippen LogP contribution in [0.15, 0.2) is 12.1 Å². The van der Waals surface area contributed by atoms with Crippen molar-refractivity contribution >= 4 is 17.6 Å². The molecule has 106 valence electrons. The van der Waals surface area contributed by atoms with E-state index in [1.807, 2.05) is 0 Å². The third-order valence-corrected chi connectivity index (χ3v) is 2.90.